The van der Waals surface area contributed by atoms with Crippen LogP contribution in [-0.4, -0.2) is 32.3 Å². The number of pyridine rings is 1. The fraction of sp³-hybridized carbons (Fsp3) is 0.174. The third-order valence-electron chi connectivity index (χ3n) is 4.72. The van der Waals surface area contributed by atoms with Crippen molar-refractivity contribution in [1.29, 1.82) is 0 Å². The highest BCUT2D eigenvalue weighted by Crippen LogP contribution is 2.26. The molecule has 166 valence electrons. The van der Waals surface area contributed by atoms with Crippen LogP contribution < -0.4 is 4.72 Å². The maximum atomic E-state index is 13.0. The van der Waals surface area contributed by atoms with Crippen LogP contribution in [0, 0.1) is 6.92 Å². The molecule has 0 spiro atoms. The first-order valence-corrected chi connectivity index (χ1v) is 11.5. The number of aryl methyl sites for hydroxylation is 2. The van der Waals surface area contributed by atoms with E-state index in [9.17, 15) is 18.0 Å². The monoisotopic (exact) mass is 472 g/mol. The second-order valence-electron chi connectivity index (χ2n) is 7.03. The smallest absolute Gasteiger partial charge is 0.305 e. The second-order valence-corrected chi connectivity index (χ2v) is 9.15. The molecule has 0 unspecified atom stereocenters. The lowest BCUT2D eigenvalue weighted by atomic mass is 10.0. The Morgan fingerprint density at radius 2 is 1.78 bits per heavy atom. The third kappa shape index (κ3) is 5.72. The number of rotatable bonds is 8. The van der Waals surface area contributed by atoms with Gasteiger partial charge in [-0.1, -0.05) is 23.7 Å². The Labute approximate surface area is 191 Å². The minimum atomic E-state index is -3.98. The lowest BCUT2D eigenvalue weighted by Crippen LogP contribution is -2.16. The van der Waals surface area contributed by atoms with E-state index in [2.05, 4.69) is 14.4 Å². The molecule has 1 aromatic heterocycles. The highest BCUT2D eigenvalue weighted by Gasteiger charge is 2.20. The van der Waals surface area contributed by atoms with E-state index in [-0.39, 0.29) is 28.5 Å². The van der Waals surface area contributed by atoms with Crippen molar-refractivity contribution in [2.45, 2.75) is 24.7 Å². The summed E-state index contributed by atoms with van der Waals surface area (Å²) >= 11 is 6.06. The van der Waals surface area contributed by atoms with Crippen molar-refractivity contribution in [3.8, 4) is 0 Å². The zero-order valence-electron chi connectivity index (χ0n) is 17.5. The summed E-state index contributed by atoms with van der Waals surface area (Å²) in [5.74, 6) is -0.747. The zero-order chi connectivity index (χ0) is 23.3. The van der Waals surface area contributed by atoms with E-state index >= 15 is 0 Å². The van der Waals surface area contributed by atoms with Crippen LogP contribution in [-0.2, 0) is 26.0 Å². The molecule has 3 aromatic rings. The Morgan fingerprint density at radius 1 is 1.06 bits per heavy atom. The quantitative estimate of drug-likeness (QED) is 0.389. The maximum Gasteiger partial charge on any atom is 0.305 e. The largest absolute Gasteiger partial charge is 0.469 e. The van der Waals surface area contributed by atoms with Crippen LogP contribution in [0.1, 0.15) is 33.6 Å². The van der Waals surface area contributed by atoms with Crippen molar-refractivity contribution in [3.05, 3.63) is 88.2 Å². The highest BCUT2D eigenvalue weighted by atomic mass is 35.5. The number of aromatic nitrogens is 1. The minimum absolute atomic E-state index is 0.0182. The molecule has 1 heterocycles. The van der Waals surface area contributed by atoms with Crippen molar-refractivity contribution in [3.63, 3.8) is 0 Å². The molecular weight excluding hydrogens is 452 g/mol. The predicted octanol–water partition coefficient (Wildman–Crippen LogP) is 4.18. The molecule has 0 saturated heterocycles. The molecule has 0 aliphatic rings. The molecule has 2 aromatic carbocycles. The number of methoxy groups -OCH3 is 1. The van der Waals surface area contributed by atoms with Crippen molar-refractivity contribution >= 4 is 39.1 Å². The first-order chi connectivity index (χ1) is 15.2. The fourth-order valence-electron chi connectivity index (χ4n) is 2.94. The van der Waals surface area contributed by atoms with E-state index in [1.54, 1.807) is 31.2 Å². The number of hydrogen-bond donors (Lipinski definition) is 1. The minimum Gasteiger partial charge on any atom is -0.469 e. The molecule has 0 amide bonds. The molecule has 0 radical (unpaired) electrons. The summed E-state index contributed by atoms with van der Waals surface area (Å²) in [6.07, 6.45) is 2.07. The van der Waals surface area contributed by atoms with E-state index in [4.69, 9.17) is 11.6 Å². The van der Waals surface area contributed by atoms with E-state index < -0.39 is 15.8 Å². The van der Waals surface area contributed by atoms with Gasteiger partial charge in [0.2, 0.25) is 0 Å². The number of anilines is 1. The molecule has 3 rings (SSSR count). The highest BCUT2D eigenvalue weighted by molar-refractivity contribution is 7.92. The van der Waals surface area contributed by atoms with Gasteiger partial charge in [0, 0.05) is 34.5 Å². The Morgan fingerprint density at radius 3 is 2.41 bits per heavy atom. The van der Waals surface area contributed by atoms with Gasteiger partial charge >= 0.3 is 5.97 Å². The topological polar surface area (TPSA) is 102 Å². The average molecular weight is 473 g/mol. The zero-order valence-corrected chi connectivity index (χ0v) is 19.0. The molecule has 9 heteroatoms. The van der Waals surface area contributed by atoms with E-state index in [0.29, 0.717) is 17.0 Å². The molecule has 0 aliphatic heterocycles. The molecule has 0 atom stereocenters. The number of carbonyl (C=O) groups excluding carboxylic acids is 2. The van der Waals surface area contributed by atoms with Gasteiger partial charge in [0.25, 0.3) is 10.0 Å². The summed E-state index contributed by atoms with van der Waals surface area (Å²) in [4.78, 5) is 28.4. The first kappa shape index (κ1) is 23.4. The first-order valence-electron chi connectivity index (χ1n) is 9.65. The van der Waals surface area contributed by atoms with Gasteiger partial charge in [-0.25, -0.2) is 8.42 Å². The molecule has 0 bridgehead atoms. The molecule has 0 fully saturated rings. The van der Waals surface area contributed by atoms with Crippen molar-refractivity contribution in [1.82, 2.24) is 4.98 Å². The van der Waals surface area contributed by atoms with Gasteiger partial charge in [-0.05, 0) is 61.4 Å². The van der Waals surface area contributed by atoms with E-state index in [1.807, 2.05) is 0 Å². The predicted molar refractivity (Wildman–Crippen MR) is 121 cm³/mol. The average Bonchev–Trinajstić information content (AvgIpc) is 2.78. The SMILES string of the molecule is COC(=O)CCc1ccc(S(=O)(=O)Nc2ccc(Cl)cc2C(=O)c2ccc(C)nc2)cc1. The Bertz CT molecular complexity index is 1240. The Balaban J connectivity index is 1.85. The number of nitrogens with zero attached hydrogens (tertiary/aromatic N) is 1. The summed E-state index contributed by atoms with van der Waals surface area (Å²) in [5.41, 5.74) is 2.08. The number of benzene rings is 2. The molecule has 0 saturated carbocycles. The number of halogens is 1. The van der Waals surface area contributed by atoms with Gasteiger partial charge in [-0.2, -0.15) is 0 Å². The number of esters is 1. The number of carbonyl (C=O) groups is 2. The van der Waals surface area contributed by atoms with Crippen molar-refractivity contribution in [2.75, 3.05) is 11.8 Å². The fourth-order valence-corrected chi connectivity index (χ4v) is 4.19. The summed E-state index contributed by atoms with van der Waals surface area (Å²) in [5, 5.41) is 0.298. The summed E-state index contributed by atoms with van der Waals surface area (Å²) in [6, 6.07) is 13.8. The molecule has 1 N–H and O–H groups in total. The number of hydrogen-bond acceptors (Lipinski definition) is 6. The van der Waals surface area contributed by atoms with E-state index in [0.717, 1.165) is 11.3 Å². The molecule has 7 nitrogen and oxygen atoms in total. The van der Waals surface area contributed by atoms with Crippen LogP contribution in [0.2, 0.25) is 5.02 Å². The second kappa shape index (κ2) is 9.93. The summed E-state index contributed by atoms with van der Waals surface area (Å²) < 4.78 is 32.9. The summed E-state index contributed by atoms with van der Waals surface area (Å²) in [6.45, 7) is 1.80. The number of ketones is 1. The Hall–Kier alpha value is -3.23. The van der Waals surface area contributed by atoms with Gasteiger partial charge in [0.15, 0.2) is 5.78 Å². The van der Waals surface area contributed by atoms with Crippen LogP contribution in [0.4, 0.5) is 5.69 Å². The van der Waals surface area contributed by atoms with Crippen LogP contribution in [0.25, 0.3) is 0 Å². The molecule has 32 heavy (non-hydrogen) atoms. The van der Waals surface area contributed by atoms with Crippen LogP contribution in [0.15, 0.2) is 65.7 Å². The maximum absolute atomic E-state index is 13.0. The van der Waals surface area contributed by atoms with Gasteiger partial charge in [-0.15, -0.1) is 0 Å². The van der Waals surface area contributed by atoms with Gasteiger partial charge in [0.1, 0.15) is 0 Å². The van der Waals surface area contributed by atoms with Crippen LogP contribution >= 0.6 is 11.6 Å². The lowest BCUT2D eigenvalue weighted by Gasteiger charge is -2.13. The van der Waals surface area contributed by atoms with E-state index in [1.165, 1.54) is 43.6 Å². The number of ether oxygens (including phenoxy) is 1. The van der Waals surface area contributed by atoms with Crippen molar-refractivity contribution in [2.24, 2.45) is 0 Å². The summed E-state index contributed by atoms with van der Waals surface area (Å²) in [7, 11) is -2.66. The molecular formula is C23H21ClN2O5S. The molecule has 0 aliphatic carbocycles. The third-order valence-corrected chi connectivity index (χ3v) is 6.34. The normalized spacial score (nSPS) is 11.1. The van der Waals surface area contributed by atoms with Gasteiger partial charge in [-0.3, -0.25) is 19.3 Å². The van der Waals surface area contributed by atoms with Crippen molar-refractivity contribution < 1.29 is 22.7 Å². The standard InChI is InChI=1S/C23H21ClN2O5S/c1-15-3-7-17(14-25-15)23(28)20-13-18(24)8-11-21(20)26-32(29,30)19-9-4-16(5-10-19)6-12-22(27)31-2/h3-5,7-11,13-14,26H,6,12H2,1-2H3. The van der Waals surface area contributed by atoms with Gasteiger partial charge in [0.05, 0.1) is 17.7 Å². The van der Waals surface area contributed by atoms with Gasteiger partial charge < -0.3 is 4.74 Å². The number of nitrogens with one attached hydrogen (secondary N) is 1. The lowest BCUT2D eigenvalue weighted by molar-refractivity contribution is -0.140. The Kier molecular flexibility index (Phi) is 7.27. The number of sulfonamides is 1. The van der Waals surface area contributed by atoms with Crippen LogP contribution in [0.5, 0.6) is 0 Å². The van der Waals surface area contributed by atoms with Crippen LogP contribution in [0.3, 0.4) is 0 Å².